The number of aromatic nitrogens is 2. The predicted molar refractivity (Wildman–Crippen MR) is 145 cm³/mol. The van der Waals surface area contributed by atoms with Crippen molar-refractivity contribution in [2.75, 3.05) is 13.1 Å². The minimum absolute atomic E-state index is 0.0558. The van der Waals surface area contributed by atoms with Gasteiger partial charge in [0, 0.05) is 34.1 Å². The van der Waals surface area contributed by atoms with Crippen LogP contribution in [0.25, 0.3) is 21.8 Å². The topological polar surface area (TPSA) is 64.5 Å². The summed E-state index contributed by atoms with van der Waals surface area (Å²) in [5.41, 5.74) is 5.86. The summed E-state index contributed by atoms with van der Waals surface area (Å²) in [4.78, 5) is 15.0. The Kier molecular flexibility index (Phi) is 6.53. The second-order valence-corrected chi connectivity index (χ2v) is 8.97. The molecule has 0 fully saturated rings. The Hall–Kier alpha value is -3.67. The number of aromatic hydroxyl groups is 1. The van der Waals surface area contributed by atoms with E-state index in [-0.39, 0.29) is 5.88 Å². The molecule has 0 saturated heterocycles. The van der Waals surface area contributed by atoms with Gasteiger partial charge in [0.2, 0.25) is 0 Å². The summed E-state index contributed by atoms with van der Waals surface area (Å²) in [5.74, 6) is 0.0558. The van der Waals surface area contributed by atoms with E-state index >= 15 is 0 Å². The van der Waals surface area contributed by atoms with Crippen LogP contribution in [0.1, 0.15) is 30.5 Å². The van der Waals surface area contributed by atoms with Crippen LogP contribution in [0.3, 0.4) is 0 Å². The highest BCUT2D eigenvalue weighted by Crippen LogP contribution is 2.33. The highest BCUT2D eigenvalue weighted by molar-refractivity contribution is 6.31. The van der Waals surface area contributed by atoms with Crippen molar-refractivity contribution in [2.24, 2.45) is 4.99 Å². The molecule has 0 spiro atoms. The number of hydrogen-bond donors (Lipinski definition) is 2. The van der Waals surface area contributed by atoms with Crippen molar-refractivity contribution in [2.45, 2.75) is 20.4 Å². The van der Waals surface area contributed by atoms with Crippen LogP contribution < -0.4 is 0 Å². The fourth-order valence-corrected chi connectivity index (χ4v) is 4.56. The predicted octanol–water partition coefficient (Wildman–Crippen LogP) is 7.09. The van der Waals surface area contributed by atoms with Gasteiger partial charge < -0.3 is 10.1 Å². The highest BCUT2D eigenvalue weighted by atomic mass is 35.5. The van der Waals surface area contributed by atoms with Gasteiger partial charge in [0.05, 0.1) is 28.0 Å². The smallest absolute Gasteiger partial charge is 0.199 e. The fourth-order valence-electron chi connectivity index (χ4n) is 4.38. The summed E-state index contributed by atoms with van der Waals surface area (Å²) < 4.78 is 0. The molecule has 2 N–H and O–H groups in total. The standard InChI is InChI=1S/C29H27ClN4O/c1-3-34(4-2)18-19-7-12-23(13-8-19)32-28(21-10-9-20-6-5-15-31-25(20)16-21)27-24-14-11-22(30)17-26(24)33-29(27)35/h5-17,33,35H,3-4,18H2,1-2H3. The van der Waals surface area contributed by atoms with Crippen LogP contribution in [0.15, 0.2) is 84.0 Å². The van der Waals surface area contributed by atoms with E-state index in [1.165, 1.54) is 5.56 Å². The van der Waals surface area contributed by atoms with E-state index in [1.54, 1.807) is 6.20 Å². The van der Waals surface area contributed by atoms with E-state index in [0.29, 0.717) is 16.3 Å². The summed E-state index contributed by atoms with van der Waals surface area (Å²) in [6.45, 7) is 7.28. The Morgan fingerprint density at radius 1 is 1.00 bits per heavy atom. The number of benzene rings is 3. The summed E-state index contributed by atoms with van der Waals surface area (Å²) in [7, 11) is 0. The van der Waals surface area contributed by atoms with E-state index in [4.69, 9.17) is 16.6 Å². The molecule has 3 aromatic carbocycles. The maximum Gasteiger partial charge on any atom is 0.199 e. The lowest BCUT2D eigenvalue weighted by Gasteiger charge is -2.17. The molecule has 176 valence electrons. The van der Waals surface area contributed by atoms with Crippen LogP contribution in [-0.2, 0) is 6.54 Å². The second-order valence-electron chi connectivity index (χ2n) is 8.54. The van der Waals surface area contributed by atoms with Gasteiger partial charge in [-0.1, -0.05) is 61.8 Å². The van der Waals surface area contributed by atoms with Crippen molar-refractivity contribution in [3.05, 3.63) is 101 Å². The zero-order chi connectivity index (χ0) is 24.4. The van der Waals surface area contributed by atoms with Gasteiger partial charge >= 0.3 is 0 Å². The lowest BCUT2D eigenvalue weighted by Crippen LogP contribution is -2.21. The Morgan fingerprint density at radius 3 is 2.57 bits per heavy atom. The molecule has 5 nitrogen and oxygen atoms in total. The van der Waals surface area contributed by atoms with E-state index < -0.39 is 0 Å². The normalized spacial score (nSPS) is 12.2. The van der Waals surface area contributed by atoms with Crippen LogP contribution in [-0.4, -0.2) is 38.8 Å². The molecule has 0 aliphatic heterocycles. The van der Waals surface area contributed by atoms with Crippen molar-refractivity contribution >= 4 is 44.8 Å². The maximum absolute atomic E-state index is 10.9. The van der Waals surface area contributed by atoms with E-state index in [0.717, 1.165) is 52.7 Å². The Morgan fingerprint density at radius 2 is 1.80 bits per heavy atom. The van der Waals surface area contributed by atoms with Crippen LogP contribution in [0.2, 0.25) is 5.02 Å². The molecule has 6 heteroatoms. The molecule has 0 radical (unpaired) electrons. The highest BCUT2D eigenvalue weighted by Gasteiger charge is 2.19. The van der Waals surface area contributed by atoms with Gasteiger partial charge in [-0.2, -0.15) is 0 Å². The van der Waals surface area contributed by atoms with Crippen molar-refractivity contribution in [1.82, 2.24) is 14.9 Å². The number of aromatic amines is 1. The summed E-state index contributed by atoms with van der Waals surface area (Å²) in [6.07, 6.45) is 1.78. The summed E-state index contributed by atoms with van der Waals surface area (Å²) >= 11 is 6.20. The third-order valence-corrected chi connectivity index (χ3v) is 6.57. The first kappa shape index (κ1) is 23.1. The zero-order valence-corrected chi connectivity index (χ0v) is 20.5. The fraction of sp³-hybridized carbons (Fsp3) is 0.172. The van der Waals surface area contributed by atoms with Gasteiger partial charge in [-0.05, 0) is 55.1 Å². The van der Waals surface area contributed by atoms with Gasteiger partial charge in [0.25, 0.3) is 0 Å². The minimum Gasteiger partial charge on any atom is -0.494 e. The van der Waals surface area contributed by atoms with E-state index in [2.05, 4.69) is 40.8 Å². The lowest BCUT2D eigenvalue weighted by atomic mass is 9.99. The lowest BCUT2D eigenvalue weighted by molar-refractivity contribution is 0.296. The summed E-state index contributed by atoms with van der Waals surface area (Å²) in [5, 5.41) is 13.4. The average Bonchev–Trinajstić information content (AvgIpc) is 3.20. The summed E-state index contributed by atoms with van der Waals surface area (Å²) in [6, 6.07) is 23.8. The monoisotopic (exact) mass is 482 g/mol. The van der Waals surface area contributed by atoms with Gasteiger partial charge in [-0.15, -0.1) is 0 Å². The maximum atomic E-state index is 10.9. The molecule has 0 atom stereocenters. The number of aliphatic imine (C=N–C) groups is 1. The van der Waals surface area contributed by atoms with Crippen molar-refractivity contribution in [1.29, 1.82) is 0 Å². The van der Waals surface area contributed by atoms with Crippen molar-refractivity contribution < 1.29 is 5.11 Å². The molecule has 0 aliphatic rings. The molecule has 5 aromatic rings. The van der Waals surface area contributed by atoms with Crippen LogP contribution in [0, 0.1) is 0 Å². The molecule has 0 bridgehead atoms. The number of rotatable bonds is 7. The molecule has 2 heterocycles. The first-order chi connectivity index (χ1) is 17.1. The third-order valence-electron chi connectivity index (χ3n) is 6.33. The molecule has 0 unspecified atom stereocenters. The van der Waals surface area contributed by atoms with Crippen molar-refractivity contribution in [3.63, 3.8) is 0 Å². The number of halogens is 1. The quantitative estimate of drug-likeness (QED) is 0.243. The van der Waals surface area contributed by atoms with Crippen LogP contribution in [0.4, 0.5) is 5.69 Å². The first-order valence-corrected chi connectivity index (χ1v) is 12.2. The van der Waals surface area contributed by atoms with E-state index in [9.17, 15) is 5.11 Å². The molecule has 5 rings (SSSR count). The molecule has 0 aliphatic carbocycles. The number of H-pyrrole nitrogens is 1. The number of nitrogens with one attached hydrogen (secondary N) is 1. The minimum atomic E-state index is 0.0558. The Labute approximate surface area is 209 Å². The largest absolute Gasteiger partial charge is 0.494 e. The van der Waals surface area contributed by atoms with E-state index in [1.807, 2.05) is 60.7 Å². The molecular formula is C29H27ClN4O. The van der Waals surface area contributed by atoms with Gasteiger partial charge in [0.1, 0.15) is 0 Å². The number of hydrogen-bond acceptors (Lipinski definition) is 4. The molecule has 35 heavy (non-hydrogen) atoms. The molecular weight excluding hydrogens is 456 g/mol. The van der Waals surface area contributed by atoms with Crippen molar-refractivity contribution in [3.8, 4) is 5.88 Å². The first-order valence-electron chi connectivity index (χ1n) is 11.8. The van der Waals surface area contributed by atoms with Gasteiger partial charge in [-0.25, -0.2) is 4.99 Å². The molecule has 2 aromatic heterocycles. The third kappa shape index (κ3) is 4.78. The van der Waals surface area contributed by atoms with Crippen LogP contribution >= 0.6 is 11.6 Å². The molecule has 0 saturated carbocycles. The number of fused-ring (bicyclic) bond motifs is 2. The Bertz CT molecular complexity index is 1520. The number of pyridine rings is 1. The van der Waals surface area contributed by atoms with Gasteiger partial charge in [-0.3, -0.25) is 9.88 Å². The van der Waals surface area contributed by atoms with Crippen LogP contribution in [0.5, 0.6) is 5.88 Å². The van der Waals surface area contributed by atoms with Gasteiger partial charge in [0.15, 0.2) is 5.88 Å². The Balaban J connectivity index is 1.64. The average molecular weight is 483 g/mol. The molecule has 0 amide bonds. The zero-order valence-electron chi connectivity index (χ0n) is 19.8. The SMILES string of the molecule is CCN(CC)Cc1ccc(N=C(c2ccc3cccnc3c2)c2c(O)[nH]c3cc(Cl)ccc23)cc1. The number of nitrogens with zero attached hydrogens (tertiary/aromatic N) is 3. The second kappa shape index (κ2) is 9.90.